The van der Waals surface area contributed by atoms with Crippen molar-refractivity contribution in [1.29, 1.82) is 0 Å². The number of hydrogen-bond donors (Lipinski definition) is 1. The van der Waals surface area contributed by atoms with E-state index < -0.39 is 4.92 Å². The fourth-order valence-corrected chi connectivity index (χ4v) is 3.07. The molecular weight excluding hydrogens is 276 g/mol. The number of nitrogens with zero attached hydrogens (tertiary/aromatic N) is 3. The topological polar surface area (TPSA) is 81.0 Å². The maximum Gasteiger partial charge on any atom is 0.311 e. The highest BCUT2D eigenvalue weighted by molar-refractivity contribution is 7.09. The minimum absolute atomic E-state index is 0.00595. The summed E-state index contributed by atoms with van der Waals surface area (Å²) in [5.41, 5.74) is 0.986. The van der Waals surface area contributed by atoms with Gasteiger partial charge in [0, 0.05) is 23.3 Å². The van der Waals surface area contributed by atoms with Gasteiger partial charge in [-0.25, -0.2) is 9.97 Å². The van der Waals surface area contributed by atoms with E-state index in [4.69, 9.17) is 0 Å². The summed E-state index contributed by atoms with van der Waals surface area (Å²) in [7, 11) is 0. The second-order valence-corrected chi connectivity index (χ2v) is 5.80. The molecule has 3 rings (SSSR count). The molecule has 2 heterocycles. The minimum Gasteiger partial charge on any atom is -0.355 e. The molecule has 0 saturated heterocycles. The number of hydrogen-bond acceptors (Lipinski definition) is 6. The van der Waals surface area contributed by atoms with Gasteiger partial charge in [-0.3, -0.25) is 10.1 Å². The lowest BCUT2D eigenvalue weighted by Gasteiger charge is -2.16. The first-order valence-corrected chi connectivity index (χ1v) is 7.31. The van der Waals surface area contributed by atoms with Crippen LogP contribution in [0.1, 0.15) is 29.6 Å². The van der Waals surface area contributed by atoms with E-state index >= 15 is 0 Å². The summed E-state index contributed by atoms with van der Waals surface area (Å²) in [6, 6.07) is 3.05. The Labute approximate surface area is 120 Å². The number of nitrogens with one attached hydrogen (secondary N) is 1. The number of anilines is 1. The van der Waals surface area contributed by atoms with E-state index in [9.17, 15) is 10.1 Å². The van der Waals surface area contributed by atoms with E-state index in [0.717, 1.165) is 23.5 Å². The van der Waals surface area contributed by atoms with Crippen molar-refractivity contribution in [3.8, 4) is 0 Å². The summed E-state index contributed by atoms with van der Waals surface area (Å²) >= 11 is 1.59. The first-order chi connectivity index (χ1) is 9.65. The van der Waals surface area contributed by atoms with Crippen molar-refractivity contribution in [2.75, 3.05) is 5.32 Å². The molecule has 1 aliphatic carbocycles. The summed E-state index contributed by atoms with van der Waals surface area (Å²) < 4.78 is 0. The number of pyridine rings is 1. The molecule has 1 N–H and O–H groups in total. The molecule has 1 saturated carbocycles. The Morgan fingerprint density at radius 2 is 2.35 bits per heavy atom. The third-order valence-electron chi connectivity index (χ3n) is 3.27. The highest BCUT2D eigenvalue weighted by Crippen LogP contribution is 2.44. The summed E-state index contributed by atoms with van der Waals surface area (Å²) in [4.78, 5) is 19.2. The zero-order valence-electron chi connectivity index (χ0n) is 10.9. The highest BCUT2D eigenvalue weighted by Gasteiger charge is 2.35. The Kier molecular flexibility index (Phi) is 3.35. The molecule has 0 unspecified atom stereocenters. The Morgan fingerprint density at radius 1 is 1.55 bits per heavy atom. The van der Waals surface area contributed by atoms with Crippen LogP contribution in [0.15, 0.2) is 23.7 Å². The fourth-order valence-electron chi connectivity index (χ4n) is 2.13. The molecular formula is C13H14N4O2S. The zero-order chi connectivity index (χ0) is 14.1. The lowest BCUT2D eigenvalue weighted by molar-refractivity contribution is -0.384. The molecule has 104 valence electrons. The van der Waals surface area contributed by atoms with Crippen molar-refractivity contribution in [3.05, 3.63) is 44.5 Å². The van der Waals surface area contributed by atoms with Gasteiger partial charge in [-0.1, -0.05) is 0 Å². The molecule has 0 amide bonds. The van der Waals surface area contributed by atoms with Gasteiger partial charge in [0.05, 0.1) is 11.0 Å². The van der Waals surface area contributed by atoms with E-state index in [1.54, 1.807) is 23.6 Å². The van der Waals surface area contributed by atoms with Crippen LogP contribution < -0.4 is 5.32 Å². The molecule has 1 atom stereocenters. The maximum absolute atomic E-state index is 11.0. The SMILES string of the molecule is Cc1csc([C@H](Nc2ncccc2[N+](=O)[O-])C2CC2)n1. The van der Waals surface area contributed by atoms with Crippen LogP contribution in [0.4, 0.5) is 11.5 Å². The molecule has 0 radical (unpaired) electrons. The number of thiazole rings is 1. The summed E-state index contributed by atoms with van der Waals surface area (Å²) in [6.45, 7) is 1.95. The van der Waals surface area contributed by atoms with E-state index in [2.05, 4.69) is 15.3 Å². The highest BCUT2D eigenvalue weighted by atomic mass is 32.1. The molecule has 7 heteroatoms. The number of aryl methyl sites for hydroxylation is 1. The van der Waals surface area contributed by atoms with Crippen molar-refractivity contribution >= 4 is 22.8 Å². The Balaban J connectivity index is 1.89. The predicted octanol–water partition coefficient (Wildman–Crippen LogP) is 3.32. The average molecular weight is 290 g/mol. The minimum atomic E-state index is -0.410. The van der Waals surface area contributed by atoms with Crippen molar-refractivity contribution in [2.24, 2.45) is 5.92 Å². The third kappa shape index (κ3) is 2.62. The van der Waals surface area contributed by atoms with Gasteiger partial charge in [-0.2, -0.15) is 0 Å². The van der Waals surface area contributed by atoms with Gasteiger partial charge in [0.2, 0.25) is 5.82 Å². The zero-order valence-corrected chi connectivity index (χ0v) is 11.8. The Bertz CT molecular complexity index is 639. The average Bonchev–Trinajstić information content (AvgIpc) is 3.18. The Morgan fingerprint density at radius 3 is 2.95 bits per heavy atom. The Hall–Kier alpha value is -2.02. The monoisotopic (exact) mass is 290 g/mol. The normalized spacial score (nSPS) is 15.8. The fraction of sp³-hybridized carbons (Fsp3) is 0.385. The lowest BCUT2D eigenvalue weighted by atomic mass is 10.2. The van der Waals surface area contributed by atoms with Crippen LogP contribution in [-0.4, -0.2) is 14.9 Å². The second kappa shape index (κ2) is 5.16. The molecule has 20 heavy (non-hydrogen) atoms. The van der Waals surface area contributed by atoms with Crippen molar-refractivity contribution < 1.29 is 4.92 Å². The molecule has 1 aliphatic rings. The van der Waals surface area contributed by atoms with Crippen molar-refractivity contribution in [3.63, 3.8) is 0 Å². The molecule has 6 nitrogen and oxygen atoms in total. The largest absolute Gasteiger partial charge is 0.355 e. The number of rotatable bonds is 5. The van der Waals surface area contributed by atoms with Crippen LogP contribution in [0, 0.1) is 23.0 Å². The quantitative estimate of drug-likeness (QED) is 0.675. The second-order valence-electron chi connectivity index (χ2n) is 4.91. The first-order valence-electron chi connectivity index (χ1n) is 6.43. The van der Waals surface area contributed by atoms with Crippen molar-refractivity contribution in [1.82, 2.24) is 9.97 Å². The summed E-state index contributed by atoms with van der Waals surface area (Å²) in [5.74, 6) is 0.810. The maximum atomic E-state index is 11.0. The summed E-state index contributed by atoms with van der Waals surface area (Å²) in [5, 5.41) is 17.2. The number of aromatic nitrogens is 2. The van der Waals surface area contributed by atoms with Gasteiger partial charge in [-0.05, 0) is 31.7 Å². The molecule has 1 fully saturated rings. The lowest BCUT2D eigenvalue weighted by Crippen LogP contribution is -2.14. The smallest absolute Gasteiger partial charge is 0.311 e. The van der Waals surface area contributed by atoms with E-state index in [1.807, 2.05) is 12.3 Å². The van der Waals surface area contributed by atoms with Gasteiger partial charge in [-0.15, -0.1) is 11.3 Å². The molecule has 2 aromatic heterocycles. The standard InChI is InChI=1S/C13H14N4O2S/c1-8-7-20-13(15-8)11(9-4-5-9)16-12-10(17(18)19)3-2-6-14-12/h2-3,6-7,9,11H,4-5H2,1H3,(H,14,16)/t11-/m1/s1. The third-order valence-corrected chi connectivity index (χ3v) is 4.32. The van der Waals surface area contributed by atoms with E-state index in [0.29, 0.717) is 11.7 Å². The van der Waals surface area contributed by atoms with Crippen LogP contribution in [0.5, 0.6) is 0 Å². The van der Waals surface area contributed by atoms with Gasteiger partial charge in [0.15, 0.2) is 0 Å². The van der Waals surface area contributed by atoms with Gasteiger partial charge >= 0.3 is 5.69 Å². The first kappa shape index (κ1) is 13.0. The van der Waals surface area contributed by atoms with Crippen molar-refractivity contribution in [2.45, 2.75) is 25.8 Å². The molecule has 0 aliphatic heterocycles. The van der Waals surface area contributed by atoms with Crippen LogP contribution in [-0.2, 0) is 0 Å². The predicted molar refractivity (Wildman–Crippen MR) is 76.8 cm³/mol. The van der Waals surface area contributed by atoms with Crippen LogP contribution in [0.2, 0.25) is 0 Å². The molecule has 2 aromatic rings. The molecule has 0 spiro atoms. The summed E-state index contributed by atoms with van der Waals surface area (Å²) in [6.07, 6.45) is 3.81. The van der Waals surface area contributed by atoms with E-state index in [1.165, 1.54) is 6.07 Å². The molecule has 0 aromatic carbocycles. The van der Waals surface area contributed by atoms with Gasteiger partial charge in [0.25, 0.3) is 0 Å². The number of nitro groups is 1. The van der Waals surface area contributed by atoms with Gasteiger partial charge in [0.1, 0.15) is 5.01 Å². The molecule has 0 bridgehead atoms. The van der Waals surface area contributed by atoms with Crippen LogP contribution >= 0.6 is 11.3 Å². The van der Waals surface area contributed by atoms with E-state index in [-0.39, 0.29) is 11.7 Å². The van der Waals surface area contributed by atoms with Crippen LogP contribution in [0.3, 0.4) is 0 Å². The van der Waals surface area contributed by atoms with Gasteiger partial charge < -0.3 is 5.32 Å². The van der Waals surface area contributed by atoms with Crippen LogP contribution in [0.25, 0.3) is 0 Å².